The molecule has 1 aliphatic rings. The Kier molecular flexibility index (Phi) is 5.24. The summed E-state index contributed by atoms with van der Waals surface area (Å²) >= 11 is 0. The molecular weight excluding hydrogens is 346 g/mol. The van der Waals surface area contributed by atoms with Crippen LogP contribution in [0.25, 0.3) is 0 Å². The van der Waals surface area contributed by atoms with E-state index < -0.39 is 33.0 Å². The highest BCUT2D eigenvalue weighted by Crippen LogP contribution is 2.42. The molecule has 0 atom stereocenters. The van der Waals surface area contributed by atoms with Gasteiger partial charge in [-0.05, 0) is 51.8 Å². The number of carbonyl (C=O) groups is 2. The molecule has 0 radical (unpaired) electrons. The average molecular weight is 369 g/mol. The van der Waals surface area contributed by atoms with E-state index in [4.69, 9.17) is 9.84 Å². The number of aromatic carboxylic acids is 1. The van der Waals surface area contributed by atoms with Crippen LogP contribution < -0.4 is 4.72 Å². The molecule has 25 heavy (non-hydrogen) atoms. The minimum atomic E-state index is -3.92. The highest BCUT2D eigenvalue weighted by Gasteiger charge is 2.47. The number of nitrogens with one attached hydrogen (secondary N) is 1. The molecule has 0 heterocycles. The third-order valence-electron chi connectivity index (χ3n) is 4.13. The molecule has 0 bridgehead atoms. The Morgan fingerprint density at radius 3 is 2.40 bits per heavy atom. The van der Waals surface area contributed by atoms with Crippen LogP contribution in [0.2, 0.25) is 0 Å². The maximum atomic E-state index is 12.4. The fraction of sp³-hybridized carbons (Fsp3) is 0.529. The van der Waals surface area contributed by atoms with Crippen molar-refractivity contribution >= 4 is 22.0 Å². The Bertz CT molecular complexity index is 775. The Balaban J connectivity index is 2.14. The first-order valence-corrected chi connectivity index (χ1v) is 9.50. The topological polar surface area (TPSA) is 110 Å². The van der Waals surface area contributed by atoms with Crippen molar-refractivity contribution in [2.75, 3.05) is 6.54 Å². The van der Waals surface area contributed by atoms with Gasteiger partial charge in [-0.25, -0.2) is 17.9 Å². The van der Waals surface area contributed by atoms with Gasteiger partial charge >= 0.3 is 11.9 Å². The normalized spacial score (nSPS) is 16.8. The summed E-state index contributed by atoms with van der Waals surface area (Å²) in [5, 5.41) is 8.99. The summed E-state index contributed by atoms with van der Waals surface area (Å²) in [7, 11) is -3.92. The first-order chi connectivity index (χ1) is 11.5. The SMILES string of the molecule is CC(C)(C)OC(=O)C1(CNS(=O)(=O)c2cccc(C(=O)O)c2)CCC1. The van der Waals surface area contributed by atoms with Crippen LogP contribution in [0.1, 0.15) is 50.4 Å². The van der Waals surface area contributed by atoms with Crippen molar-refractivity contribution in [3.8, 4) is 0 Å². The first kappa shape index (κ1) is 19.4. The average Bonchev–Trinajstić information content (AvgIpc) is 2.44. The van der Waals surface area contributed by atoms with Crippen molar-refractivity contribution in [3.05, 3.63) is 29.8 Å². The highest BCUT2D eigenvalue weighted by atomic mass is 32.2. The van der Waals surface area contributed by atoms with Gasteiger partial charge in [-0.3, -0.25) is 4.79 Å². The van der Waals surface area contributed by atoms with Crippen LogP contribution in [-0.2, 0) is 19.6 Å². The number of carbonyl (C=O) groups excluding carboxylic acids is 1. The predicted octanol–water partition coefficient (Wildman–Crippen LogP) is 2.18. The van der Waals surface area contributed by atoms with E-state index in [1.807, 2.05) is 0 Å². The summed E-state index contributed by atoms with van der Waals surface area (Å²) in [4.78, 5) is 23.3. The fourth-order valence-electron chi connectivity index (χ4n) is 2.56. The summed E-state index contributed by atoms with van der Waals surface area (Å²) in [6, 6.07) is 5.09. The molecule has 0 aliphatic heterocycles. The third kappa shape index (κ3) is 4.58. The molecule has 7 nitrogen and oxygen atoms in total. The van der Waals surface area contributed by atoms with Crippen LogP contribution in [0.15, 0.2) is 29.2 Å². The smallest absolute Gasteiger partial charge is 0.335 e. The van der Waals surface area contributed by atoms with Crippen molar-refractivity contribution in [2.24, 2.45) is 5.41 Å². The van der Waals surface area contributed by atoms with Crippen molar-refractivity contribution in [3.63, 3.8) is 0 Å². The van der Waals surface area contributed by atoms with E-state index in [1.54, 1.807) is 20.8 Å². The molecule has 8 heteroatoms. The van der Waals surface area contributed by atoms with Gasteiger partial charge in [0.15, 0.2) is 0 Å². The molecule has 138 valence electrons. The molecule has 1 fully saturated rings. The lowest BCUT2D eigenvalue weighted by Crippen LogP contribution is -2.50. The second-order valence-corrected chi connectivity index (χ2v) is 9.06. The zero-order valence-electron chi connectivity index (χ0n) is 14.5. The van der Waals surface area contributed by atoms with Crippen molar-refractivity contribution in [1.29, 1.82) is 0 Å². The second-order valence-electron chi connectivity index (χ2n) is 7.29. The number of hydrogen-bond donors (Lipinski definition) is 2. The van der Waals surface area contributed by atoms with E-state index in [0.717, 1.165) is 12.5 Å². The van der Waals surface area contributed by atoms with E-state index >= 15 is 0 Å². The van der Waals surface area contributed by atoms with Crippen LogP contribution >= 0.6 is 0 Å². The number of benzene rings is 1. The van der Waals surface area contributed by atoms with Crippen molar-refractivity contribution in [2.45, 2.75) is 50.5 Å². The molecule has 0 unspecified atom stereocenters. The van der Waals surface area contributed by atoms with Gasteiger partial charge in [0.25, 0.3) is 0 Å². The lowest BCUT2D eigenvalue weighted by atomic mass is 9.69. The Morgan fingerprint density at radius 2 is 1.92 bits per heavy atom. The number of esters is 1. The van der Waals surface area contributed by atoms with E-state index in [9.17, 15) is 18.0 Å². The molecule has 1 aliphatic carbocycles. The minimum Gasteiger partial charge on any atom is -0.478 e. The van der Waals surface area contributed by atoms with Crippen molar-refractivity contribution < 1.29 is 27.9 Å². The number of ether oxygens (including phenoxy) is 1. The fourth-order valence-corrected chi connectivity index (χ4v) is 3.73. The van der Waals surface area contributed by atoms with E-state index in [-0.39, 0.29) is 17.0 Å². The maximum Gasteiger partial charge on any atom is 0.335 e. The molecule has 1 aromatic rings. The molecule has 2 rings (SSSR count). The summed E-state index contributed by atoms with van der Waals surface area (Å²) < 4.78 is 32.7. The van der Waals surface area contributed by atoms with E-state index in [1.165, 1.54) is 18.2 Å². The molecule has 1 aromatic carbocycles. The third-order valence-corrected chi connectivity index (χ3v) is 5.53. The number of hydrogen-bond acceptors (Lipinski definition) is 5. The van der Waals surface area contributed by atoms with Crippen molar-refractivity contribution in [1.82, 2.24) is 4.72 Å². The molecule has 0 spiro atoms. The van der Waals surface area contributed by atoms with E-state index in [0.29, 0.717) is 12.8 Å². The molecule has 0 aromatic heterocycles. The van der Waals surface area contributed by atoms with Gasteiger partial charge in [0.2, 0.25) is 10.0 Å². The van der Waals surface area contributed by atoms with Gasteiger partial charge in [-0.15, -0.1) is 0 Å². The number of carboxylic acid groups (broad SMARTS) is 1. The zero-order chi connectivity index (χ0) is 18.9. The van der Waals surface area contributed by atoms with Crippen LogP contribution in [-0.4, -0.2) is 37.6 Å². The van der Waals surface area contributed by atoms with Gasteiger partial charge in [-0.1, -0.05) is 12.5 Å². The Labute approximate surface area is 147 Å². The summed E-state index contributed by atoms with van der Waals surface area (Å²) in [5.74, 6) is -1.62. The summed E-state index contributed by atoms with van der Waals surface area (Å²) in [5.41, 5.74) is -1.62. The van der Waals surface area contributed by atoms with Gasteiger partial charge in [-0.2, -0.15) is 0 Å². The highest BCUT2D eigenvalue weighted by molar-refractivity contribution is 7.89. The Hall–Kier alpha value is -1.93. The van der Waals surface area contributed by atoms with Crippen LogP contribution in [0.3, 0.4) is 0 Å². The molecule has 1 saturated carbocycles. The van der Waals surface area contributed by atoms with Gasteiger partial charge in [0, 0.05) is 6.54 Å². The Morgan fingerprint density at radius 1 is 1.28 bits per heavy atom. The van der Waals surface area contributed by atoms with Gasteiger partial charge < -0.3 is 9.84 Å². The number of carboxylic acids is 1. The molecule has 2 N–H and O–H groups in total. The lowest BCUT2D eigenvalue weighted by molar-refractivity contribution is -0.172. The summed E-state index contributed by atoms with van der Waals surface area (Å²) in [6.45, 7) is 5.22. The van der Waals surface area contributed by atoms with E-state index in [2.05, 4.69) is 4.72 Å². The standard InChI is InChI=1S/C17H23NO6S/c1-16(2,3)24-15(21)17(8-5-9-17)11-18-25(22,23)13-7-4-6-12(10-13)14(19)20/h4,6-7,10,18H,5,8-9,11H2,1-3H3,(H,19,20). The summed E-state index contributed by atoms with van der Waals surface area (Å²) in [6.07, 6.45) is 1.94. The van der Waals surface area contributed by atoms with Gasteiger partial charge in [0.05, 0.1) is 15.9 Å². The number of sulfonamides is 1. The van der Waals surface area contributed by atoms with Crippen LogP contribution in [0, 0.1) is 5.41 Å². The largest absolute Gasteiger partial charge is 0.478 e. The van der Waals surface area contributed by atoms with Crippen LogP contribution in [0.4, 0.5) is 0 Å². The molecule has 0 saturated heterocycles. The quantitative estimate of drug-likeness (QED) is 0.744. The molecular formula is C17H23NO6S. The lowest BCUT2D eigenvalue weighted by Gasteiger charge is -2.40. The number of rotatable bonds is 6. The monoisotopic (exact) mass is 369 g/mol. The van der Waals surface area contributed by atoms with Crippen LogP contribution in [0.5, 0.6) is 0 Å². The van der Waals surface area contributed by atoms with Gasteiger partial charge in [0.1, 0.15) is 5.60 Å². The second kappa shape index (κ2) is 6.76. The zero-order valence-corrected chi connectivity index (χ0v) is 15.4. The predicted molar refractivity (Wildman–Crippen MR) is 90.7 cm³/mol. The minimum absolute atomic E-state index is 0.0679. The maximum absolute atomic E-state index is 12.4. The first-order valence-electron chi connectivity index (χ1n) is 8.02. The molecule has 0 amide bonds.